The highest BCUT2D eigenvalue weighted by Crippen LogP contribution is 2.39. The highest BCUT2D eigenvalue weighted by Gasteiger charge is 2.40. The second-order valence-corrected chi connectivity index (χ2v) is 6.29. The van der Waals surface area contributed by atoms with Crippen molar-refractivity contribution in [1.29, 1.82) is 0 Å². The topological polar surface area (TPSA) is 54.0 Å². The van der Waals surface area contributed by atoms with Crippen LogP contribution < -0.4 is 4.74 Å². The lowest BCUT2D eigenvalue weighted by Gasteiger charge is -2.25. The molecule has 0 fully saturated rings. The van der Waals surface area contributed by atoms with E-state index in [1.807, 2.05) is 54.6 Å². The van der Waals surface area contributed by atoms with E-state index < -0.39 is 6.10 Å². The Morgan fingerprint density at radius 3 is 2.58 bits per heavy atom. The third-order valence-electron chi connectivity index (χ3n) is 4.70. The van der Waals surface area contributed by atoms with Gasteiger partial charge in [0.15, 0.2) is 0 Å². The fourth-order valence-corrected chi connectivity index (χ4v) is 3.30. The molecular formula is C21H20O5. The van der Waals surface area contributed by atoms with Crippen molar-refractivity contribution >= 4 is 5.97 Å². The molecule has 26 heavy (non-hydrogen) atoms. The zero-order valence-electron chi connectivity index (χ0n) is 14.5. The molecular weight excluding hydrogens is 332 g/mol. The largest absolute Gasteiger partial charge is 0.497 e. The first-order valence-corrected chi connectivity index (χ1v) is 8.57. The molecule has 0 spiro atoms. The number of hydrogen-bond acceptors (Lipinski definition) is 5. The molecule has 5 nitrogen and oxygen atoms in total. The van der Waals surface area contributed by atoms with Crippen LogP contribution in [0, 0.1) is 0 Å². The van der Waals surface area contributed by atoms with E-state index in [0.29, 0.717) is 18.8 Å². The van der Waals surface area contributed by atoms with Crippen molar-refractivity contribution in [2.45, 2.75) is 18.8 Å². The van der Waals surface area contributed by atoms with Crippen molar-refractivity contribution < 1.29 is 23.7 Å². The van der Waals surface area contributed by atoms with Crippen LogP contribution in [0.5, 0.6) is 5.75 Å². The first kappa shape index (κ1) is 16.8. The van der Waals surface area contributed by atoms with Gasteiger partial charge in [0.2, 0.25) is 0 Å². The van der Waals surface area contributed by atoms with E-state index in [2.05, 4.69) is 0 Å². The van der Waals surface area contributed by atoms with Crippen LogP contribution in [0.2, 0.25) is 0 Å². The predicted octanol–water partition coefficient (Wildman–Crippen LogP) is 3.21. The summed E-state index contributed by atoms with van der Waals surface area (Å²) in [6.45, 7) is 1.07. The summed E-state index contributed by atoms with van der Waals surface area (Å²) >= 11 is 0. The molecule has 2 aliphatic heterocycles. The zero-order chi connectivity index (χ0) is 17.9. The summed E-state index contributed by atoms with van der Waals surface area (Å²) in [7, 11) is 1.62. The third kappa shape index (κ3) is 3.23. The summed E-state index contributed by atoms with van der Waals surface area (Å²) in [5, 5.41) is 0. The van der Waals surface area contributed by atoms with E-state index in [-0.39, 0.29) is 18.7 Å². The van der Waals surface area contributed by atoms with E-state index in [9.17, 15) is 4.79 Å². The molecule has 134 valence electrons. The Labute approximate surface area is 152 Å². The summed E-state index contributed by atoms with van der Waals surface area (Å²) in [6.07, 6.45) is -0.697. The van der Waals surface area contributed by atoms with Gasteiger partial charge < -0.3 is 18.9 Å². The molecule has 0 saturated carbocycles. The molecule has 0 N–H and O–H groups in total. The molecule has 2 aliphatic rings. The molecule has 5 heteroatoms. The first-order valence-electron chi connectivity index (χ1n) is 8.57. The van der Waals surface area contributed by atoms with Crippen LogP contribution in [0.4, 0.5) is 0 Å². The molecule has 4 rings (SSSR count). The van der Waals surface area contributed by atoms with Crippen LogP contribution in [-0.4, -0.2) is 32.4 Å². The number of methoxy groups -OCH3 is 1. The van der Waals surface area contributed by atoms with Gasteiger partial charge in [-0.1, -0.05) is 42.5 Å². The molecule has 0 aromatic heterocycles. The van der Waals surface area contributed by atoms with Crippen LogP contribution in [0.1, 0.15) is 17.2 Å². The van der Waals surface area contributed by atoms with Crippen LogP contribution in [0.15, 0.2) is 65.7 Å². The maximum absolute atomic E-state index is 12.4. The molecule has 0 saturated heterocycles. The van der Waals surface area contributed by atoms with Crippen molar-refractivity contribution in [2.24, 2.45) is 0 Å². The summed E-state index contributed by atoms with van der Waals surface area (Å²) in [4.78, 5) is 12.4. The van der Waals surface area contributed by atoms with Crippen LogP contribution in [0.3, 0.4) is 0 Å². The fraction of sp³-hybridized carbons (Fsp3) is 0.286. The number of ether oxygens (including phenoxy) is 4. The monoisotopic (exact) mass is 352 g/mol. The van der Waals surface area contributed by atoms with Gasteiger partial charge in [0, 0.05) is 5.57 Å². The lowest BCUT2D eigenvalue weighted by molar-refractivity contribution is -0.145. The number of rotatable bonds is 5. The highest BCUT2D eigenvalue weighted by atomic mass is 16.6. The van der Waals surface area contributed by atoms with Crippen molar-refractivity contribution in [1.82, 2.24) is 0 Å². The van der Waals surface area contributed by atoms with Gasteiger partial charge in [0.05, 0.1) is 25.9 Å². The van der Waals surface area contributed by atoms with Gasteiger partial charge in [-0.25, -0.2) is 4.79 Å². The number of cyclic esters (lactones) is 1. The summed E-state index contributed by atoms with van der Waals surface area (Å²) in [6, 6.07) is 17.5. The second-order valence-electron chi connectivity index (χ2n) is 6.29. The minimum atomic E-state index is -0.425. The molecule has 2 unspecified atom stereocenters. The SMILES string of the molecule is COc1ccc(C2OCC3=C2C(=O)OCC3OCc2ccccc2)cc1. The number of hydrogen-bond donors (Lipinski definition) is 0. The predicted molar refractivity (Wildman–Crippen MR) is 94.7 cm³/mol. The lowest BCUT2D eigenvalue weighted by Crippen LogP contribution is -2.32. The molecule has 2 heterocycles. The van der Waals surface area contributed by atoms with Crippen LogP contribution in [0.25, 0.3) is 0 Å². The first-order chi connectivity index (χ1) is 12.8. The van der Waals surface area contributed by atoms with Gasteiger partial charge in [0.25, 0.3) is 0 Å². The second kappa shape index (κ2) is 7.32. The zero-order valence-corrected chi connectivity index (χ0v) is 14.5. The Morgan fingerprint density at radius 1 is 1.08 bits per heavy atom. The highest BCUT2D eigenvalue weighted by molar-refractivity contribution is 5.92. The Hall–Kier alpha value is -2.63. The molecule has 0 aliphatic carbocycles. The van der Waals surface area contributed by atoms with Gasteiger partial charge in [-0.3, -0.25) is 0 Å². The molecule has 2 atom stereocenters. The fourth-order valence-electron chi connectivity index (χ4n) is 3.30. The lowest BCUT2D eigenvalue weighted by atomic mass is 9.95. The summed E-state index contributed by atoms with van der Waals surface area (Å²) < 4.78 is 22.5. The molecule has 0 amide bonds. The number of carbonyl (C=O) groups is 1. The minimum absolute atomic E-state index is 0.225. The molecule has 0 radical (unpaired) electrons. The smallest absolute Gasteiger partial charge is 0.337 e. The van der Waals surface area contributed by atoms with E-state index in [1.54, 1.807) is 7.11 Å². The normalized spacial score (nSPS) is 22.1. The van der Waals surface area contributed by atoms with E-state index >= 15 is 0 Å². The maximum Gasteiger partial charge on any atom is 0.337 e. The van der Waals surface area contributed by atoms with Crippen molar-refractivity contribution in [3.05, 3.63) is 76.9 Å². The minimum Gasteiger partial charge on any atom is -0.497 e. The van der Waals surface area contributed by atoms with Gasteiger partial charge in [-0.15, -0.1) is 0 Å². The van der Waals surface area contributed by atoms with Gasteiger partial charge >= 0.3 is 5.97 Å². The van der Waals surface area contributed by atoms with Crippen molar-refractivity contribution in [3.8, 4) is 5.75 Å². The average Bonchev–Trinajstić information content (AvgIpc) is 3.15. The standard InChI is InChI=1S/C21H20O5/c1-23-16-9-7-15(8-10-16)20-19-17(12-25-20)18(13-26-21(19)22)24-11-14-5-3-2-4-6-14/h2-10,18,20H,11-13H2,1H3. The maximum atomic E-state index is 12.4. The Kier molecular flexibility index (Phi) is 4.73. The number of esters is 1. The van der Waals surface area contributed by atoms with Gasteiger partial charge in [0.1, 0.15) is 24.6 Å². The van der Waals surface area contributed by atoms with E-state index in [1.165, 1.54) is 0 Å². The Bertz CT molecular complexity index is 810. The quantitative estimate of drug-likeness (QED) is 0.774. The van der Waals surface area contributed by atoms with Crippen LogP contribution in [-0.2, 0) is 25.6 Å². The molecule has 2 aromatic rings. The number of benzene rings is 2. The van der Waals surface area contributed by atoms with Gasteiger partial charge in [-0.2, -0.15) is 0 Å². The Morgan fingerprint density at radius 2 is 1.85 bits per heavy atom. The van der Waals surface area contributed by atoms with Gasteiger partial charge in [-0.05, 0) is 23.3 Å². The average molecular weight is 352 g/mol. The third-order valence-corrected chi connectivity index (χ3v) is 4.70. The summed E-state index contributed by atoms with van der Waals surface area (Å²) in [5.41, 5.74) is 3.44. The molecule has 2 aromatic carbocycles. The van der Waals surface area contributed by atoms with Crippen LogP contribution >= 0.6 is 0 Å². The molecule has 0 bridgehead atoms. The Balaban J connectivity index is 1.55. The summed E-state index contributed by atoms with van der Waals surface area (Å²) in [5.74, 6) is 0.439. The number of carbonyl (C=O) groups excluding carboxylic acids is 1. The van der Waals surface area contributed by atoms with Crippen molar-refractivity contribution in [2.75, 3.05) is 20.3 Å². The van der Waals surface area contributed by atoms with E-state index in [4.69, 9.17) is 18.9 Å². The van der Waals surface area contributed by atoms with Crippen molar-refractivity contribution in [3.63, 3.8) is 0 Å². The van der Waals surface area contributed by atoms with E-state index in [0.717, 1.165) is 22.4 Å².